The van der Waals surface area contributed by atoms with Crippen LogP contribution in [0.25, 0.3) is 0 Å². The Hall–Kier alpha value is -2.97. The second-order valence-corrected chi connectivity index (χ2v) is 7.47. The Morgan fingerprint density at radius 1 is 1.16 bits per heavy atom. The topological polar surface area (TPSA) is 118 Å². The van der Waals surface area contributed by atoms with Gasteiger partial charge >= 0.3 is 0 Å². The summed E-state index contributed by atoms with van der Waals surface area (Å²) in [5, 5.41) is 13.1. The van der Waals surface area contributed by atoms with Gasteiger partial charge in [0, 0.05) is 23.5 Å². The Bertz CT molecular complexity index is 865. The van der Waals surface area contributed by atoms with Crippen LogP contribution in [0.1, 0.15) is 47.6 Å². The number of pyridine rings is 1. The monoisotopic (exact) mass is 428 g/mol. The van der Waals surface area contributed by atoms with Crippen molar-refractivity contribution in [1.29, 1.82) is 0 Å². The maximum Gasteiger partial charge on any atom is 0.252 e. The minimum atomic E-state index is -1.21. The van der Waals surface area contributed by atoms with Crippen molar-refractivity contribution in [2.24, 2.45) is 5.73 Å². The molecule has 2 rings (SSSR count). The summed E-state index contributed by atoms with van der Waals surface area (Å²) in [4.78, 5) is 30.5. The predicted octanol–water partition coefficient (Wildman–Crippen LogP) is 1.91. The number of hydrogen-bond acceptors (Lipinski definition) is 6. The summed E-state index contributed by atoms with van der Waals surface area (Å²) < 4.78 is 5.79. The first-order chi connectivity index (χ1) is 14.7. The molecule has 31 heavy (non-hydrogen) atoms. The SMILES string of the molecule is CCCN(CC)C(O)[C@H](NC(=O)c1ccc(OCc2cc(C)nc(C)c2)cc1)C(N)=O. The van der Waals surface area contributed by atoms with Crippen molar-refractivity contribution >= 4 is 11.8 Å². The number of nitrogens with two attached hydrogens (primary N) is 1. The fourth-order valence-corrected chi connectivity index (χ4v) is 3.37. The van der Waals surface area contributed by atoms with Gasteiger partial charge in [-0.15, -0.1) is 0 Å². The van der Waals surface area contributed by atoms with Crippen molar-refractivity contribution in [2.75, 3.05) is 13.1 Å². The Kier molecular flexibility index (Phi) is 8.96. The highest BCUT2D eigenvalue weighted by atomic mass is 16.5. The maximum atomic E-state index is 12.6. The second kappa shape index (κ2) is 11.4. The van der Waals surface area contributed by atoms with Gasteiger partial charge in [0.1, 0.15) is 24.6 Å². The van der Waals surface area contributed by atoms with Crippen LogP contribution in [0.5, 0.6) is 5.75 Å². The van der Waals surface area contributed by atoms with Crippen LogP contribution >= 0.6 is 0 Å². The number of benzene rings is 1. The average molecular weight is 429 g/mol. The van der Waals surface area contributed by atoms with Gasteiger partial charge in [0.15, 0.2) is 0 Å². The quantitative estimate of drug-likeness (QED) is 0.471. The lowest BCUT2D eigenvalue weighted by Gasteiger charge is -2.31. The Labute approximate surface area is 183 Å². The fraction of sp³-hybridized carbons (Fsp3) is 0.435. The zero-order valence-corrected chi connectivity index (χ0v) is 18.6. The van der Waals surface area contributed by atoms with Crippen molar-refractivity contribution in [3.8, 4) is 5.75 Å². The zero-order valence-electron chi connectivity index (χ0n) is 18.6. The van der Waals surface area contributed by atoms with E-state index in [9.17, 15) is 14.7 Å². The van der Waals surface area contributed by atoms with Crippen molar-refractivity contribution in [3.05, 3.63) is 58.9 Å². The van der Waals surface area contributed by atoms with E-state index in [0.717, 1.165) is 23.4 Å². The highest BCUT2D eigenvalue weighted by Gasteiger charge is 2.30. The molecule has 1 aromatic heterocycles. The van der Waals surface area contributed by atoms with Gasteiger partial charge in [-0.3, -0.25) is 19.5 Å². The van der Waals surface area contributed by atoms with Crippen molar-refractivity contribution < 1.29 is 19.4 Å². The lowest BCUT2D eigenvalue weighted by atomic mass is 10.1. The summed E-state index contributed by atoms with van der Waals surface area (Å²) in [5.74, 6) is -0.684. The van der Waals surface area contributed by atoms with Gasteiger partial charge in [-0.05, 0) is 68.8 Å². The number of nitrogens with zero attached hydrogens (tertiary/aromatic N) is 2. The molecule has 4 N–H and O–H groups in total. The number of nitrogens with one attached hydrogen (secondary N) is 1. The van der Waals surface area contributed by atoms with Crippen LogP contribution in [-0.2, 0) is 11.4 Å². The summed E-state index contributed by atoms with van der Waals surface area (Å²) in [7, 11) is 0. The van der Waals surface area contributed by atoms with E-state index in [1.54, 1.807) is 29.2 Å². The number of ether oxygens (including phenoxy) is 1. The van der Waals surface area contributed by atoms with Crippen LogP contribution in [0.15, 0.2) is 36.4 Å². The number of primary amides is 1. The summed E-state index contributed by atoms with van der Waals surface area (Å²) in [6.45, 7) is 9.19. The minimum absolute atomic E-state index is 0.333. The summed E-state index contributed by atoms with van der Waals surface area (Å²) >= 11 is 0. The van der Waals surface area contributed by atoms with Gasteiger partial charge in [0.05, 0.1) is 0 Å². The van der Waals surface area contributed by atoms with Gasteiger partial charge in [-0.25, -0.2) is 0 Å². The summed E-state index contributed by atoms with van der Waals surface area (Å²) in [6.07, 6.45) is -0.397. The molecule has 0 bridgehead atoms. The van der Waals surface area contributed by atoms with E-state index < -0.39 is 24.1 Å². The highest BCUT2D eigenvalue weighted by molar-refractivity contribution is 5.97. The smallest absolute Gasteiger partial charge is 0.252 e. The van der Waals surface area contributed by atoms with Gasteiger partial charge in [0.25, 0.3) is 5.91 Å². The normalized spacial score (nSPS) is 13.0. The van der Waals surface area contributed by atoms with Crippen molar-refractivity contribution in [2.45, 2.75) is 53.0 Å². The van der Waals surface area contributed by atoms with Gasteiger partial charge in [-0.1, -0.05) is 13.8 Å². The van der Waals surface area contributed by atoms with Crippen LogP contribution in [0.2, 0.25) is 0 Å². The number of carbonyl (C=O) groups excluding carboxylic acids is 2. The van der Waals surface area contributed by atoms with Gasteiger partial charge in [0.2, 0.25) is 5.91 Å². The number of aryl methyl sites for hydroxylation is 2. The highest BCUT2D eigenvalue weighted by Crippen LogP contribution is 2.15. The van der Waals surface area contributed by atoms with Crippen LogP contribution < -0.4 is 15.8 Å². The molecule has 2 amide bonds. The minimum Gasteiger partial charge on any atom is -0.489 e. The molecule has 0 aliphatic rings. The molecule has 8 heteroatoms. The molecule has 0 saturated heterocycles. The molecule has 0 fully saturated rings. The van der Waals surface area contributed by atoms with E-state index in [-0.39, 0.29) is 0 Å². The predicted molar refractivity (Wildman–Crippen MR) is 118 cm³/mol. The second-order valence-electron chi connectivity index (χ2n) is 7.47. The summed E-state index contributed by atoms with van der Waals surface area (Å²) in [5.41, 5.74) is 8.63. The Balaban J connectivity index is 2.01. The molecule has 0 aliphatic heterocycles. The molecule has 1 unspecified atom stereocenters. The molecular weight excluding hydrogens is 396 g/mol. The molecule has 168 valence electrons. The fourth-order valence-electron chi connectivity index (χ4n) is 3.37. The number of amides is 2. The molecule has 8 nitrogen and oxygen atoms in total. The van der Waals surface area contributed by atoms with E-state index in [4.69, 9.17) is 10.5 Å². The number of aliphatic hydroxyl groups is 1. The molecule has 0 radical (unpaired) electrons. The van der Waals surface area contributed by atoms with E-state index >= 15 is 0 Å². The van der Waals surface area contributed by atoms with Gasteiger partial charge < -0.3 is 20.9 Å². The maximum absolute atomic E-state index is 12.6. The molecule has 0 spiro atoms. The lowest BCUT2D eigenvalue weighted by molar-refractivity contribution is -0.126. The molecule has 1 heterocycles. The van der Waals surface area contributed by atoms with E-state index in [0.29, 0.717) is 31.0 Å². The standard InChI is InChI=1S/C23H32N4O4/c1-5-11-27(6-2)23(30)20(21(24)28)26-22(29)18-7-9-19(10-8-18)31-14-17-12-15(3)25-16(4)13-17/h7-10,12-13,20,23,30H,5-6,11,14H2,1-4H3,(H2,24,28)(H,26,29)/t20-,23?/m1/s1. The molecule has 1 aromatic carbocycles. The van der Waals surface area contributed by atoms with E-state index in [1.165, 1.54) is 0 Å². The number of rotatable bonds is 11. The molecular formula is C23H32N4O4. The first-order valence-corrected chi connectivity index (χ1v) is 10.4. The molecule has 2 aromatic rings. The lowest BCUT2D eigenvalue weighted by Crippen LogP contribution is -2.57. The zero-order chi connectivity index (χ0) is 23.0. The Morgan fingerprint density at radius 3 is 2.29 bits per heavy atom. The average Bonchev–Trinajstić information content (AvgIpc) is 2.73. The van der Waals surface area contributed by atoms with E-state index in [1.807, 2.05) is 39.8 Å². The third kappa shape index (κ3) is 7.04. The number of aliphatic hydroxyl groups excluding tert-OH is 1. The number of carbonyl (C=O) groups is 2. The first-order valence-electron chi connectivity index (χ1n) is 10.4. The van der Waals surface area contributed by atoms with Crippen LogP contribution in [0, 0.1) is 13.8 Å². The van der Waals surface area contributed by atoms with Crippen LogP contribution in [-0.4, -0.2) is 52.2 Å². The number of aromatic nitrogens is 1. The number of likely N-dealkylation sites (N-methyl/N-ethyl adjacent to an activating group) is 1. The number of hydrogen-bond donors (Lipinski definition) is 3. The molecule has 2 atom stereocenters. The molecule has 0 saturated carbocycles. The van der Waals surface area contributed by atoms with E-state index in [2.05, 4.69) is 10.3 Å². The van der Waals surface area contributed by atoms with Crippen molar-refractivity contribution in [3.63, 3.8) is 0 Å². The van der Waals surface area contributed by atoms with Gasteiger partial charge in [-0.2, -0.15) is 0 Å². The molecule has 0 aliphatic carbocycles. The largest absolute Gasteiger partial charge is 0.489 e. The van der Waals surface area contributed by atoms with Crippen LogP contribution in [0.4, 0.5) is 0 Å². The third-order valence-electron chi connectivity index (χ3n) is 4.85. The Morgan fingerprint density at radius 2 is 1.77 bits per heavy atom. The van der Waals surface area contributed by atoms with Crippen molar-refractivity contribution in [1.82, 2.24) is 15.2 Å². The first kappa shape index (κ1) is 24.3. The third-order valence-corrected chi connectivity index (χ3v) is 4.85. The van der Waals surface area contributed by atoms with Crippen LogP contribution in [0.3, 0.4) is 0 Å². The summed E-state index contributed by atoms with van der Waals surface area (Å²) in [6, 6.07) is 9.27.